The number of carbonyl (C=O) groups is 1. The minimum atomic E-state index is 0. The van der Waals surface area contributed by atoms with Gasteiger partial charge in [0.15, 0.2) is 5.96 Å². The molecule has 25 heavy (non-hydrogen) atoms. The second kappa shape index (κ2) is 11.7. The van der Waals surface area contributed by atoms with Gasteiger partial charge in [0.25, 0.3) is 0 Å². The van der Waals surface area contributed by atoms with Gasteiger partial charge >= 0.3 is 0 Å². The number of aryl methyl sites for hydroxylation is 1. The Hall–Kier alpha value is -0.900. The minimum Gasteiger partial charge on any atom is -0.356 e. The van der Waals surface area contributed by atoms with Crippen LogP contribution in [0.15, 0.2) is 11.2 Å². The number of hydrogen-bond donors (Lipinski definition) is 2. The second-order valence-electron chi connectivity index (χ2n) is 6.33. The van der Waals surface area contributed by atoms with E-state index in [1.807, 2.05) is 6.20 Å². The number of carbonyl (C=O) groups excluding carboxylic acids is 1. The molecule has 8 heteroatoms. The lowest BCUT2D eigenvalue weighted by Crippen LogP contribution is -2.43. The van der Waals surface area contributed by atoms with Gasteiger partial charge in [-0.2, -0.15) is 0 Å². The summed E-state index contributed by atoms with van der Waals surface area (Å²) >= 11 is 1.77. The summed E-state index contributed by atoms with van der Waals surface area (Å²) in [6, 6.07) is 0.470. The number of likely N-dealkylation sites (N-methyl/N-ethyl adjacent to an activating group) is 1. The standard InChI is InChI=1S/C17H29N5OS.HI/c1-4-14-11-19-15(24-14)9-10-18-17(20-12-16(23)22(2)3)21-13-7-5-6-8-13;/h11,13H,4-10,12H2,1-3H3,(H2,18,20,21);1H. The number of amides is 1. The number of hydrogen-bond acceptors (Lipinski definition) is 4. The molecule has 1 aromatic heterocycles. The molecule has 1 fully saturated rings. The maximum absolute atomic E-state index is 11.8. The first kappa shape index (κ1) is 22.1. The van der Waals surface area contributed by atoms with Crippen LogP contribution in [-0.2, 0) is 17.6 Å². The molecule has 0 unspecified atom stereocenters. The fourth-order valence-corrected chi connectivity index (χ4v) is 3.48. The molecule has 0 aliphatic heterocycles. The van der Waals surface area contributed by atoms with Crippen molar-refractivity contribution < 1.29 is 4.79 Å². The zero-order chi connectivity index (χ0) is 17.4. The van der Waals surface area contributed by atoms with E-state index in [9.17, 15) is 4.79 Å². The number of guanidine groups is 1. The monoisotopic (exact) mass is 479 g/mol. The van der Waals surface area contributed by atoms with Crippen LogP contribution in [0.3, 0.4) is 0 Å². The van der Waals surface area contributed by atoms with Gasteiger partial charge in [0, 0.05) is 44.2 Å². The molecule has 2 N–H and O–H groups in total. The molecule has 142 valence electrons. The molecule has 0 aromatic carbocycles. The molecule has 0 saturated heterocycles. The summed E-state index contributed by atoms with van der Waals surface area (Å²) in [5.74, 6) is 0.749. The molecule has 2 rings (SSSR count). The zero-order valence-corrected chi connectivity index (χ0v) is 18.5. The molecule has 0 bridgehead atoms. The molecule has 1 aromatic rings. The van der Waals surface area contributed by atoms with Crippen LogP contribution in [0.4, 0.5) is 0 Å². The molecule has 1 saturated carbocycles. The van der Waals surface area contributed by atoms with Crippen LogP contribution < -0.4 is 10.6 Å². The fourth-order valence-electron chi connectivity index (χ4n) is 2.62. The summed E-state index contributed by atoms with van der Waals surface area (Å²) in [5.41, 5.74) is 0. The van der Waals surface area contributed by atoms with Gasteiger partial charge in [0.1, 0.15) is 6.54 Å². The van der Waals surface area contributed by atoms with Crippen molar-refractivity contribution in [2.24, 2.45) is 4.99 Å². The fraction of sp³-hybridized carbons (Fsp3) is 0.706. The van der Waals surface area contributed by atoms with E-state index in [0.29, 0.717) is 6.04 Å². The van der Waals surface area contributed by atoms with Crippen LogP contribution in [0.5, 0.6) is 0 Å². The molecule has 0 atom stereocenters. The van der Waals surface area contributed by atoms with Crippen LogP contribution >= 0.6 is 35.3 Å². The molecule has 1 amide bonds. The maximum atomic E-state index is 11.8. The van der Waals surface area contributed by atoms with Gasteiger partial charge in [0.2, 0.25) is 5.91 Å². The van der Waals surface area contributed by atoms with Crippen molar-refractivity contribution >= 4 is 47.2 Å². The topological polar surface area (TPSA) is 69.6 Å². The number of nitrogens with one attached hydrogen (secondary N) is 2. The van der Waals surface area contributed by atoms with Crippen molar-refractivity contribution in [1.82, 2.24) is 20.5 Å². The molecule has 1 heterocycles. The highest BCUT2D eigenvalue weighted by Crippen LogP contribution is 2.17. The van der Waals surface area contributed by atoms with Crippen molar-refractivity contribution in [3.63, 3.8) is 0 Å². The zero-order valence-electron chi connectivity index (χ0n) is 15.4. The molecular formula is C17H30IN5OS. The average Bonchev–Trinajstić information content (AvgIpc) is 3.23. The van der Waals surface area contributed by atoms with Gasteiger partial charge in [0.05, 0.1) is 5.01 Å². The normalized spacial score (nSPS) is 14.9. The Balaban J connectivity index is 0.00000312. The molecule has 0 radical (unpaired) electrons. The Labute approximate surface area is 171 Å². The highest BCUT2D eigenvalue weighted by atomic mass is 127. The van der Waals surface area contributed by atoms with Gasteiger partial charge in [-0.3, -0.25) is 4.79 Å². The number of halogens is 1. The molecular weight excluding hydrogens is 449 g/mol. The van der Waals surface area contributed by atoms with Crippen molar-refractivity contribution in [2.45, 2.75) is 51.5 Å². The maximum Gasteiger partial charge on any atom is 0.243 e. The van der Waals surface area contributed by atoms with Crippen LogP contribution in [-0.4, -0.2) is 55.0 Å². The molecule has 0 spiro atoms. The van der Waals surface area contributed by atoms with Crippen molar-refractivity contribution in [3.05, 3.63) is 16.1 Å². The van der Waals surface area contributed by atoms with E-state index in [-0.39, 0.29) is 36.4 Å². The summed E-state index contributed by atoms with van der Waals surface area (Å²) in [5, 5.41) is 7.96. The average molecular weight is 479 g/mol. The predicted octanol–water partition coefficient (Wildman–Crippen LogP) is 2.43. The van der Waals surface area contributed by atoms with Crippen LogP contribution in [0, 0.1) is 0 Å². The molecule has 1 aliphatic carbocycles. The van der Waals surface area contributed by atoms with Gasteiger partial charge in [-0.05, 0) is 19.3 Å². The Morgan fingerprint density at radius 2 is 2.12 bits per heavy atom. The van der Waals surface area contributed by atoms with Crippen molar-refractivity contribution in [3.8, 4) is 0 Å². The minimum absolute atomic E-state index is 0. The van der Waals surface area contributed by atoms with Crippen LogP contribution in [0.1, 0.15) is 42.5 Å². The number of aromatic nitrogens is 1. The predicted molar refractivity (Wildman–Crippen MR) is 115 cm³/mol. The van der Waals surface area contributed by atoms with Gasteiger partial charge in [-0.25, -0.2) is 9.98 Å². The number of aliphatic imine (C=N–C) groups is 1. The number of rotatable bonds is 7. The van der Waals surface area contributed by atoms with Gasteiger partial charge in [-0.15, -0.1) is 35.3 Å². The van der Waals surface area contributed by atoms with E-state index >= 15 is 0 Å². The Morgan fingerprint density at radius 3 is 2.72 bits per heavy atom. The van der Waals surface area contributed by atoms with E-state index < -0.39 is 0 Å². The summed E-state index contributed by atoms with van der Waals surface area (Å²) in [4.78, 5) is 23.5. The second-order valence-corrected chi connectivity index (χ2v) is 7.53. The smallest absolute Gasteiger partial charge is 0.243 e. The third-order valence-corrected chi connectivity index (χ3v) is 5.35. The van der Waals surface area contributed by atoms with Crippen molar-refractivity contribution in [1.29, 1.82) is 0 Å². The van der Waals surface area contributed by atoms with E-state index in [1.54, 1.807) is 30.3 Å². The molecule has 1 aliphatic rings. The van der Waals surface area contributed by atoms with Crippen LogP contribution in [0.2, 0.25) is 0 Å². The number of nitrogens with zero attached hydrogens (tertiary/aromatic N) is 3. The lowest BCUT2D eigenvalue weighted by atomic mass is 10.2. The third kappa shape index (κ3) is 7.89. The quantitative estimate of drug-likeness (QED) is 0.358. The van der Waals surface area contributed by atoms with E-state index in [0.717, 1.165) is 30.4 Å². The highest BCUT2D eigenvalue weighted by Gasteiger charge is 2.16. The number of thiazole rings is 1. The lowest BCUT2D eigenvalue weighted by Gasteiger charge is -2.17. The Morgan fingerprint density at radius 1 is 1.40 bits per heavy atom. The summed E-state index contributed by atoms with van der Waals surface area (Å²) < 4.78 is 0. The summed E-state index contributed by atoms with van der Waals surface area (Å²) in [7, 11) is 3.51. The van der Waals surface area contributed by atoms with Gasteiger partial charge in [-0.1, -0.05) is 19.8 Å². The van der Waals surface area contributed by atoms with Gasteiger partial charge < -0.3 is 15.5 Å². The SMILES string of the molecule is CCc1cnc(CCNC(=NCC(=O)N(C)C)NC2CCCC2)s1.I. The first-order valence-electron chi connectivity index (χ1n) is 8.77. The Kier molecular flexibility index (Phi) is 10.3. The Bertz CT molecular complexity index is 555. The highest BCUT2D eigenvalue weighted by molar-refractivity contribution is 14.0. The van der Waals surface area contributed by atoms with Crippen LogP contribution in [0.25, 0.3) is 0 Å². The van der Waals surface area contributed by atoms with Crippen molar-refractivity contribution in [2.75, 3.05) is 27.2 Å². The first-order valence-corrected chi connectivity index (χ1v) is 9.58. The van der Waals surface area contributed by atoms with E-state index in [4.69, 9.17) is 0 Å². The largest absolute Gasteiger partial charge is 0.356 e. The summed E-state index contributed by atoms with van der Waals surface area (Å²) in [6.07, 6.45) is 8.75. The summed E-state index contributed by atoms with van der Waals surface area (Å²) in [6.45, 7) is 3.09. The van der Waals surface area contributed by atoms with E-state index in [2.05, 4.69) is 27.5 Å². The molecule has 6 nitrogen and oxygen atoms in total. The third-order valence-electron chi connectivity index (χ3n) is 4.15. The van der Waals surface area contributed by atoms with E-state index in [1.165, 1.54) is 30.6 Å². The lowest BCUT2D eigenvalue weighted by molar-refractivity contribution is -0.127. The first-order chi connectivity index (χ1) is 11.6.